The molecule has 1 aromatic carbocycles. The lowest BCUT2D eigenvalue weighted by Crippen LogP contribution is -2.51. The number of sulfonamides is 1. The maximum absolute atomic E-state index is 13.8. The minimum absolute atomic E-state index is 0.00973. The fourth-order valence-corrected chi connectivity index (χ4v) is 4.71. The molecule has 3 rings (SSSR count). The molecule has 0 radical (unpaired) electrons. The van der Waals surface area contributed by atoms with Crippen LogP contribution in [0, 0.1) is 11.6 Å². The van der Waals surface area contributed by atoms with Crippen LogP contribution in [0.25, 0.3) is 0 Å². The summed E-state index contributed by atoms with van der Waals surface area (Å²) in [6, 6.07) is 2.26. The second-order valence-corrected chi connectivity index (χ2v) is 8.46. The Morgan fingerprint density at radius 2 is 1.61 bits per heavy atom. The normalized spacial score (nSPS) is 18.8. The zero-order valence-electron chi connectivity index (χ0n) is 14.9. The maximum Gasteiger partial charge on any atom is 0.246 e. The van der Waals surface area contributed by atoms with Crippen LogP contribution in [0.15, 0.2) is 23.1 Å². The minimum atomic E-state index is -4.14. The second-order valence-electron chi connectivity index (χ2n) is 6.55. The van der Waals surface area contributed by atoms with Gasteiger partial charge in [0.05, 0.1) is 0 Å². The van der Waals surface area contributed by atoms with Crippen molar-refractivity contribution in [1.82, 2.24) is 14.1 Å². The van der Waals surface area contributed by atoms with E-state index in [-0.39, 0.29) is 69.7 Å². The van der Waals surface area contributed by atoms with E-state index in [9.17, 15) is 31.6 Å². The number of imide groups is 1. The van der Waals surface area contributed by atoms with E-state index in [0.717, 1.165) is 21.3 Å². The van der Waals surface area contributed by atoms with Gasteiger partial charge in [-0.2, -0.15) is 4.31 Å². The van der Waals surface area contributed by atoms with Crippen LogP contribution >= 0.6 is 0 Å². The van der Waals surface area contributed by atoms with Crippen LogP contribution in [-0.2, 0) is 24.4 Å². The van der Waals surface area contributed by atoms with Crippen molar-refractivity contribution in [1.29, 1.82) is 0 Å². The third-order valence-corrected chi connectivity index (χ3v) is 6.74. The smallest absolute Gasteiger partial charge is 0.246 e. The average molecular weight is 415 g/mol. The molecule has 0 spiro atoms. The van der Waals surface area contributed by atoms with Crippen LogP contribution in [-0.4, -0.2) is 73.0 Å². The van der Waals surface area contributed by atoms with E-state index in [0.29, 0.717) is 6.07 Å². The number of likely N-dealkylation sites (tertiary alicyclic amines) is 1. The van der Waals surface area contributed by atoms with Gasteiger partial charge in [0.2, 0.25) is 27.7 Å². The highest BCUT2D eigenvalue weighted by Gasteiger charge is 2.33. The van der Waals surface area contributed by atoms with Crippen LogP contribution in [0.4, 0.5) is 8.78 Å². The standard InChI is InChI=1S/C17H19F2N3O5S/c18-12-1-2-14(13(19)11-12)28(26,27)21-9-7-20(8-10-21)15(23)5-6-22-16(24)3-4-17(22)25/h1-2,11H,3-10H2. The Morgan fingerprint density at radius 3 is 2.18 bits per heavy atom. The molecular formula is C17H19F2N3O5S. The molecule has 0 unspecified atom stereocenters. The fraction of sp³-hybridized carbons (Fsp3) is 0.471. The predicted molar refractivity (Wildman–Crippen MR) is 92.3 cm³/mol. The summed E-state index contributed by atoms with van der Waals surface area (Å²) in [6.45, 7) is 0.139. The summed E-state index contributed by atoms with van der Waals surface area (Å²) in [5, 5.41) is 0. The molecule has 2 aliphatic heterocycles. The van der Waals surface area contributed by atoms with Crippen molar-refractivity contribution >= 4 is 27.7 Å². The topological polar surface area (TPSA) is 95.1 Å². The Kier molecular flexibility index (Phi) is 5.75. The van der Waals surface area contributed by atoms with Gasteiger partial charge in [0.15, 0.2) is 0 Å². The fourth-order valence-electron chi connectivity index (χ4n) is 3.24. The quantitative estimate of drug-likeness (QED) is 0.647. The Labute approximate surface area is 160 Å². The monoisotopic (exact) mass is 415 g/mol. The SMILES string of the molecule is O=C(CCN1C(=O)CCC1=O)N1CCN(S(=O)(=O)c2ccc(F)cc2F)CC1. The highest BCUT2D eigenvalue weighted by molar-refractivity contribution is 7.89. The van der Waals surface area contributed by atoms with E-state index in [1.165, 1.54) is 4.90 Å². The van der Waals surface area contributed by atoms with Crippen molar-refractivity contribution in [3.63, 3.8) is 0 Å². The van der Waals surface area contributed by atoms with Gasteiger partial charge in [-0.3, -0.25) is 19.3 Å². The molecule has 2 aliphatic rings. The maximum atomic E-state index is 13.8. The van der Waals surface area contributed by atoms with E-state index in [2.05, 4.69) is 0 Å². The first-order chi connectivity index (χ1) is 13.2. The number of halogens is 2. The molecule has 152 valence electrons. The van der Waals surface area contributed by atoms with Gasteiger partial charge in [0.25, 0.3) is 0 Å². The summed E-state index contributed by atoms with van der Waals surface area (Å²) >= 11 is 0. The first kappa shape index (κ1) is 20.3. The molecule has 0 aromatic heterocycles. The van der Waals surface area contributed by atoms with Crippen LogP contribution in [0.1, 0.15) is 19.3 Å². The highest BCUT2D eigenvalue weighted by atomic mass is 32.2. The van der Waals surface area contributed by atoms with Crippen molar-refractivity contribution in [2.24, 2.45) is 0 Å². The van der Waals surface area contributed by atoms with Crippen molar-refractivity contribution in [2.45, 2.75) is 24.2 Å². The lowest BCUT2D eigenvalue weighted by Gasteiger charge is -2.34. The number of carbonyl (C=O) groups is 3. The predicted octanol–water partition coefficient (Wildman–Crippen LogP) is 0.337. The Hall–Kier alpha value is -2.40. The summed E-state index contributed by atoms with van der Waals surface area (Å²) in [5.41, 5.74) is 0. The number of piperazine rings is 1. The Morgan fingerprint density at radius 1 is 1.00 bits per heavy atom. The van der Waals surface area contributed by atoms with E-state index in [1.807, 2.05) is 0 Å². The number of nitrogens with zero attached hydrogens (tertiary/aromatic N) is 3. The summed E-state index contributed by atoms with van der Waals surface area (Å²) in [6.07, 6.45) is 0.282. The summed E-state index contributed by atoms with van der Waals surface area (Å²) in [5.74, 6) is -2.93. The van der Waals surface area contributed by atoms with E-state index >= 15 is 0 Å². The molecule has 28 heavy (non-hydrogen) atoms. The van der Waals surface area contributed by atoms with Crippen LogP contribution in [0.3, 0.4) is 0 Å². The number of hydrogen-bond acceptors (Lipinski definition) is 5. The molecule has 11 heteroatoms. The number of carbonyl (C=O) groups excluding carboxylic acids is 3. The minimum Gasteiger partial charge on any atom is -0.340 e. The van der Waals surface area contributed by atoms with Gasteiger partial charge >= 0.3 is 0 Å². The molecule has 0 saturated carbocycles. The largest absolute Gasteiger partial charge is 0.340 e. The van der Waals surface area contributed by atoms with Gasteiger partial charge in [0, 0.05) is 58.1 Å². The lowest BCUT2D eigenvalue weighted by molar-refractivity contribution is -0.139. The molecule has 0 N–H and O–H groups in total. The van der Waals surface area contributed by atoms with Crippen LogP contribution < -0.4 is 0 Å². The van der Waals surface area contributed by atoms with Gasteiger partial charge in [-0.25, -0.2) is 17.2 Å². The molecule has 1 aromatic rings. The number of rotatable bonds is 5. The van der Waals surface area contributed by atoms with Crippen molar-refractivity contribution in [3.05, 3.63) is 29.8 Å². The number of hydrogen-bond donors (Lipinski definition) is 0. The Bertz CT molecular complexity index is 897. The molecule has 0 atom stereocenters. The molecule has 2 saturated heterocycles. The zero-order chi connectivity index (χ0) is 20.5. The van der Waals surface area contributed by atoms with Crippen molar-refractivity contribution in [3.8, 4) is 0 Å². The third kappa shape index (κ3) is 4.04. The average Bonchev–Trinajstić information content (AvgIpc) is 2.97. The van der Waals surface area contributed by atoms with E-state index in [4.69, 9.17) is 0 Å². The molecule has 3 amide bonds. The van der Waals surface area contributed by atoms with Gasteiger partial charge in [-0.1, -0.05) is 0 Å². The molecule has 0 bridgehead atoms. The van der Waals surface area contributed by atoms with E-state index in [1.54, 1.807) is 0 Å². The molecule has 8 nitrogen and oxygen atoms in total. The lowest BCUT2D eigenvalue weighted by atomic mass is 10.3. The van der Waals surface area contributed by atoms with Gasteiger partial charge in [0.1, 0.15) is 16.5 Å². The van der Waals surface area contributed by atoms with Crippen molar-refractivity contribution in [2.75, 3.05) is 32.7 Å². The number of amides is 3. The molecular weight excluding hydrogens is 396 g/mol. The van der Waals surface area contributed by atoms with Gasteiger partial charge in [-0.15, -0.1) is 0 Å². The van der Waals surface area contributed by atoms with Gasteiger partial charge < -0.3 is 4.90 Å². The molecule has 2 fully saturated rings. The van der Waals surface area contributed by atoms with Crippen LogP contribution in [0.5, 0.6) is 0 Å². The van der Waals surface area contributed by atoms with Crippen LogP contribution in [0.2, 0.25) is 0 Å². The van der Waals surface area contributed by atoms with Crippen molar-refractivity contribution < 1.29 is 31.6 Å². The Balaban J connectivity index is 1.57. The summed E-state index contributed by atoms with van der Waals surface area (Å²) in [4.78, 5) is 37.3. The van der Waals surface area contributed by atoms with Gasteiger partial charge in [-0.05, 0) is 12.1 Å². The third-order valence-electron chi connectivity index (χ3n) is 4.81. The highest BCUT2D eigenvalue weighted by Crippen LogP contribution is 2.21. The zero-order valence-corrected chi connectivity index (χ0v) is 15.8. The molecule has 0 aliphatic carbocycles. The number of benzene rings is 1. The second kappa shape index (κ2) is 7.92. The first-order valence-electron chi connectivity index (χ1n) is 8.76. The first-order valence-corrected chi connectivity index (χ1v) is 10.2. The van der Waals surface area contributed by atoms with E-state index < -0.39 is 26.6 Å². The summed E-state index contributed by atoms with van der Waals surface area (Å²) < 4.78 is 53.0. The molecule has 2 heterocycles. The summed E-state index contributed by atoms with van der Waals surface area (Å²) in [7, 11) is -4.14.